The third kappa shape index (κ3) is 2.41. The number of hydrogen-bond donors (Lipinski definition) is 1. The van der Waals surface area contributed by atoms with E-state index < -0.39 is 0 Å². The van der Waals surface area contributed by atoms with Crippen molar-refractivity contribution in [1.82, 2.24) is 0 Å². The van der Waals surface area contributed by atoms with E-state index >= 15 is 0 Å². The standard InChI is InChI=1S/C12H17IO/c1-5-8-6-9(12(2,3)4)11(14)10(13)7-8/h6-7,14H,5H2,1-4H3. The van der Waals surface area contributed by atoms with Gasteiger partial charge in [0.1, 0.15) is 5.75 Å². The molecular formula is C12H17IO. The molecule has 0 heterocycles. The van der Waals surface area contributed by atoms with Gasteiger partial charge in [0, 0.05) is 5.56 Å². The maximum Gasteiger partial charge on any atom is 0.132 e. The van der Waals surface area contributed by atoms with Gasteiger partial charge < -0.3 is 5.11 Å². The fourth-order valence-electron chi connectivity index (χ4n) is 1.43. The van der Waals surface area contributed by atoms with E-state index in [1.54, 1.807) is 0 Å². The lowest BCUT2D eigenvalue weighted by atomic mass is 9.85. The SMILES string of the molecule is CCc1cc(I)c(O)c(C(C)(C)C)c1. The summed E-state index contributed by atoms with van der Waals surface area (Å²) in [5, 5.41) is 9.95. The lowest BCUT2D eigenvalue weighted by Gasteiger charge is -2.22. The van der Waals surface area contributed by atoms with Gasteiger partial charge in [0.2, 0.25) is 0 Å². The Kier molecular flexibility index (Phi) is 3.45. The number of hydrogen-bond acceptors (Lipinski definition) is 1. The highest BCUT2D eigenvalue weighted by atomic mass is 127. The Bertz CT molecular complexity index is 337. The van der Waals surface area contributed by atoms with Crippen molar-refractivity contribution in [2.24, 2.45) is 0 Å². The fraction of sp³-hybridized carbons (Fsp3) is 0.500. The molecule has 0 saturated heterocycles. The number of halogens is 1. The van der Waals surface area contributed by atoms with Crippen molar-refractivity contribution in [3.8, 4) is 5.75 Å². The van der Waals surface area contributed by atoms with Crippen LogP contribution in [0.2, 0.25) is 0 Å². The Labute approximate surface area is 99.7 Å². The highest BCUT2D eigenvalue weighted by Gasteiger charge is 2.20. The van der Waals surface area contributed by atoms with Crippen LogP contribution < -0.4 is 0 Å². The molecule has 0 aromatic heterocycles. The quantitative estimate of drug-likeness (QED) is 0.781. The van der Waals surface area contributed by atoms with Gasteiger partial charge in [-0.25, -0.2) is 0 Å². The summed E-state index contributed by atoms with van der Waals surface area (Å²) >= 11 is 2.19. The van der Waals surface area contributed by atoms with Gasteiger partial charge in [-0.3, -0.25) is 0 Å². The van der Waals surface area contributed by atoms with Crippen LogP contribution in [0.25, 0.3) is 0 Å². The second-order valence-corrected chi connectivity index (χ2v) is 5.74. The van der Waals surface area contributed by atoms with Gasteiger partial charge in [-0.15, -0.1) is 0 Å². The maximum absolute atomic E-state index is 9.95. The number of aromatic hydroxyl groups is 1. The zero-order valence-electron chi connectivity index (χ0n) is 9.19. The molecule has 0 aliphatic heterocycles. The third-order valence-electron chi connectivity index (χ3n) is 2.34. The van der Waals surface area contributed by atoms with Gasteiger partial charge in [-0.1, -0.05) is 33.8 Å². The van der Waals surface area contributed by atoms with Crippen LogP contribution in [-0.2, 0) is 11.8 Å². The molecule has 0 unspecified atom stereocenters. The van der Waals surface area contributed by atoms with Crippen molar-refractivity contribution in [1.29, 1.82) is 0 Å². The number of aryl methyl sites for hydroxylation is 1. The predicted octanol–water partition coefficient (Wildman–Crippen LogP) is 3.86. The Balaban J connectivity index is 3.35. The molecule has 1 rings (SSSR count). The van der Waals surface area contributed by atoms with E-state index in [9.17, 15) is 5.11 Å². The van der Waals surface area contributed by atoms with Gasteiger partial charge >= 0.3 is 0 Å². The minimum Gasteiger partial charge on any atom is -0.507 e. The van der Waals surface area contributed by atoms with E-state index in [1.165, 1.54) is 5.56 Å². The van der Waals surface area contributed by atoms with Crippen LogP contribution in [0.1, 0.15) is 38.8 Å². The Morgan fingerprint density at radius 1 is 1.29 bits per heavy atom. The van der Waals surface area contributed by atoms with E-state index in [-0.39, 0.29) is 5.41 Å². The summed E-state index contributed by atoms with van der Waals surface area (Å²) in [4.78, 5) is 0. The van der Waals surface area contributed by atoms with Gasteiger partial charge in [0.15, 0.2) is 0 Å². The molecule has 1 N–H and O–H groups in total. The summed E-state index contributed by atoms with van der Waals surface area (Å²) in [5.74, 6) is 0.440. The van der Waals surface area contributed by atoms with Crippen molar-refractivity contribution < 1.29 is 5.11 Å². The Morgan fingerprint density at radius 3 is 2.29 bits per heavy atom. The number of benzene rings is 1. The first kappa shape index (κ1) is 11.8. The first-order chi connectivity index (χ1) is 6.36. The third-order valence-corrected chi connectivity index (χ3v) is 3.16. The summed E-state index contributed by atoms with van der Waals surface area (Å²) in [6.07, 6.45) is 1.01. The van der Waals surface area contributed by atoms with Crippen molar-refractivity contribution in [2.75, 3.05) is 0 Å². The summed E-state index contributed by atoms with van der Waals surface area (Å²) in [6, 6.07) is 4.16. The summed E-state index contributed by atoms with van der Waals surface area (Å²) in [6.45, 7) is 8.50. The normalized spacial score (nSPS) is 11.8. The summed E-state index contributed by atoms with van der Waals surface area (Å²) < 4.78 is 0.951. The molecule has 14 heavy (non-hydrogen) atoms. The van der Waals surface area contributed by atoms with Crippen molar-refractivity contribution in [2.45, 2.75) is 39.5 Å². The molecule has 0 aliphatic rings. The summed E-state index contributed by atoms with van der Waals surface area (Å²) in [5.41, 5.74) is 2.34. The number of phenols is 1. The first-order valence-electron chi connectivity index (χ1n) is 4.88. The lowest BCUT2D eigenvalue weighted by Crippen LogP contribution is -2.12. The van der Waals surface area contributed by atoms with Gasteiger partial charge in [0.25, 0.3) is 0 Å². The molecule has 1 nitrogen and oxygen atoms in total. The van der Waals surface area contributed by atoms with E-state index in [0.29, 0.717) is 5.75 Å². The maximum atomic E-state index is 9.95. The molecule has 0 aliphatic carbocycles. The molecule has 0 bridgehead atoms. The number of rotatable bonds is 1. The fourth-order valence-corrected chi connectivity index (χ4v) is 2.12. The monoisotopic (exact) mass is 304 g/mol. The van der Waals surface area contributed by atoms with Crippen LogP contribution in [0.5, 0.6) is 5.75 Å². The summed E-state index contributed by atoms with van der Waals surface area (Å²) in [7, 11) is 0. The van der Waals surface area contributed by atoms with Crippen LogP contribution in [0.4, 0.5) is 0 Å². The highest BCUT2D eigenvalue weighted by molar-refractivity contribution is 14.1. The van der Waals surface area contributed by atoms with E-state index in [2.05, 4.69) is 56.4 Å². The molecule has 0 amide bonds. The molecule has 0 atom stereocenters. The molecule has 78 valence electrons. The van der Waals surface area contributed by atoms with Crippen LogP contribution in [0, 0.1) is 3.57 Å². The zero-order chi connectivity index (χ0) is 10.9. The van der Waals surface area contributed by atoms with Crippen molar-refractivity contribution >= 4 is 22.6 Å². The second kappa shape index (κ2) is 4.09. The van der Waals surface area contributed by atoms with Crippen molar-refractivity contribution in [3.05, 3.63) is 26.8 Å². The minimum absolute atomic E-state index is 0.00911. The van der Waals surface area contributed by atoms with Gasteiger partial charge in [-0.05, 0) is 46.1 Å². The van der Waals surface area contributed by atoms with Crippen LogP contribution in [-0.4, -0.2) is 5.11 Å². The molecule has 0 saturated carbocycles. The van der Waals surface area contributed by atoms with Crippen molar-refractivity contribution in [3.63, 3.8) is 0 Å². The van der Waals surface area contributed by atoms with E-state index in [4.69, 9.17) is 0 Å². The van der Waals surface area contributed by atoms with Gasteiger partial charge in [0.05, 0.1) is 3.57 Å². The zero-order valence-corrected chi connectivity index (χ0v) is 11.3. The Morgan fingerprint density at radius 2 is 1.86 bits per heavy atom. The smallest absolute Gasteiger partial charge is 0.132 e. The molecule has 0 spiro atoms. The molecule has 2 heteroatoms. The van der Waals surface area contributed by atoms with Gasteiger partial charge in [-0.2, -0.15) is 0 Å². The van der Waals surface area contributed by atoms with E-state index in [0.717, 1.165) is 15.6 Å². The molecule has 0 radical (unpaired) electrons. The lowest BCUT2D eigenvalue weighted by molar-refractivity contribution is 0.442. The topological polar surface area (TPSA) is 20.2 Å². The average Bonchev–Trinajstić information content (AvgIpc) is 2.07. The minimum atomic E-state index is 0.00911. The van der Waals surface area contributed by atoms with Crippen LogP contribution in [0.15, 0.2) is 12.1 Å². The largest absolute Gasteiger partial charge is 0.507 e. The Hall–Kier alpha value is -0.250. The second-order valence-electron chi connectivity index (χ2n) is 4.58. The molecular weight excluding hydrogens is 287 g/mol. The van der Waals surface area contributed by atoms with E-state index in [1.807, 2.05) is 6.07 Å². The average molecular weight is 304 g/mol. The molecule has 0 fully saturated rings. The molecule has 1 aromatic carbocycles. The molecule has 1 aromatic rings. The van der Waals surface area contributed by atoms with Crippen LogP contribution >= 0.6 is 22.6 Å². The highest BCUT2D eigenvalue weighted by Crippen LogP contribution is 2.35. The predicted molar refractivity (Wildman–Crippen MR) is 68.9 cm³/mol. The number of phenolic OH excluding ortho intramolecular Hbond substituents is 1. The first-order valence-corrected chi connectivity index (χ1v) is 5.96. The van der Waals surface area contributed by atoms with Crippen LogP contribution in [0.3, 0.4) is 0 Å².